The predicted molar refractivity (Wildman–Crippen MR) is 59.5 cm³/mol. The van der Waals surface area contributed by atoms with Crippen molar-refractivity contribution in [2.45, 2.75) is 44.2 Å². The largest absolute Gasteiger partial charge is 0.446 e. The van der Waals surface area contributed by atoms with Gasteiger partial charge in [-0.2, -0.15) is 13.1 Å². The van der Waals surface area contributed by atoms with Crippen LogP contribution in [0, 0.1) is 0 Å². The van der Waals surface area contributed by atoms with Crippen molar-refractivity contribution in [3.8, 4) is 0 Å². The molecule has 94 valence electrons. The number of ether oxygens (including phenoxy) is 1. The molecule has 1 fully saturated rings. The highest BCUT2D eigenvalue weighted by Crippen LogP contribution is 2.25. The molecule has 1 amide bonds. The van der Waals surface area contributed by atoms with Gasteiger partial charge in [-0.1, -0.05) is 0 Å². The highest BCUT2D eigenvalue weighted by atomic mass is 35.5. The quantitative estimate of drug-likeness (QED) is 0.738. The molecule has 1 rings (SSSR count). The number of amides is 1. The van der Waals surface area contributed by atoms with E-state index in [1.165, 1.54) is 0 Å². The van der Waals surface area contributed by atoms with Gasteiger partial charge in [0.2, 0.25) is 0 Å². The Morgan fingerprint density at radius 1 is 1.44 bits per heavy atom. The summed E-state index contributed by atoms with van der Waals surface area (Å²) >= 11 is 5.70. The minimum atomic E-state index is -3.84. The van der Waals surface area contributed by atoms with Crippen LogP contribution in [0.2, 0.25) is 0 Å². The lowest BCUT2D eigenvalue weighted by atomic mass is 9.94. The first-order valence-corrected chi connectivity index (χ1v) is 6.85. The number of halogens is 1. The normalized spacial score (nSPS) is 25.0. The van der Waals surface area contributed by atoms with Crippen molar-refractivity contribution in [3.05, 3.63) is 0 Å². The molecule has 8 heteroatoms. The zero-order valence-corrected chi connectivity index (χ0v) is 10.6. The molecule has 0 bridgehead atoms. The second-order valence-corrected chi connectivity index (χ2v) is 6.01. The predicted octanol–water partition coefficient (Wildman–Crippen LogP) is 0.725. The summed E-state index contributed by atoms with van der Waals surface area (Å²) in [5.41, 5.74) is 0. The molecule has 1 aliphatic carbocycles. The lowest BCUT2D eigenvalue weighted by molar-refractivity contribution is 0.121. The molecule has 1 saturated carbocycles. The minimum absolute atomic E-state index is 0.00955. The van der Waals surface area contributed by atoms with Gasteiger partial charge in [0, 0.05) is 11.4 Å². The summed E-state index contributed by atoms with van der Waals surface area (Å²) in [5.74, 6) is 0. The first kappa shape index (κ1) is 13.5. The van der Waals surface area contributed by atoms with Gasteiger partial charge in [-0.25, -0.2) is 9.52 Å². The molecule has 0 heterocycles. The fourth-order valence-corrected chi connectivity index (χ4v) is 2.63. The average Bonchev–Trinajstić information content (AvgIpc) is 1.96. The molecule has 0 aromatic heterocycles. The SMILES string of the molecule is CC(C)OC(=O)NS(=O)(=O)NC1CC(Cl)C1. The van der Waals surface area contributed by atoms with E-state index in [9.17, 15) is 13.2 Å². The van der Waals surface area contributed by atoms with Crippen LogP contribution in [0.4, 0.5) is 4.79 Å². The Kier molecular flexibility index (Phi) is 4.40. The van der Waals surface area contributed by atoms with Gasteiger partial charge < -0.3 is 4.74 Å². The average molecular weight is 271 g/mol. The highest BCUT2D eigenvalue weighted by Gasteiger charge is 2.31. The fourth-order valence-electron chi connectivity index (χ4n) is 1.24. The number of nitrogens with one attached hydrogen (secondary N) is 2. The van der Waals surface area contributed by atoms with Crippen LogP contribution in [-0.2, 0) is 14.9 Å². The van der Waals surface area contributed by atoms with E-state index in [0.29, 0.717) is 12.8 Å². The summed E-state index contributed by atoms with van der Waals surface area (Å²) in [6, 6.07) is -0.202. The maximum atomic E-state index is 11.4. The molecular weight excluding hydrogens is 256 g/mol. The maximum absolute atomic E-state index is 11.4. The Bertz CT molecular complexity index is 351. The summed E-state index contributed by atoms with van der Waals surface area (Å²) in [6.07, 6.45) is -0.209. The Morgan fingerprint density at radius 3 is 2.44 bits per heavy atom. The topological polar surface area (TPSA) is 84.5 Å². The molecule has 1 aliphatic rings. The molecule has 0 spiro atoms. The van der Waals surface area contributed by atoms with Gasteiger partial charge in [-0.3, -0.25) is 0 Å². The molecule has 0 aromatic rings. The van der Waals surface area contributed by atoms with Gasteiger partial charge in [0.1, 0.15) is 0 Å². The molecule has 0 saturated heterocycles. The lowest BCUT2D eigenvalue weighted by Crippen LogP contribution is -2.50. The number of carbonyl (C=O) groups is 1. The second kappa shape index (κ2) is 5.20. The number of rotatable bonds is 4. The zero-order chi connectivity index (χ0) is 12.3. The van der Waals surface area contributed by atoms with Crippen molar-refractivity contribution in [3.63, 3.8) is 0 Å². The van der Waals surface area contributed by atoms with Crippen molar-refractivity contribution >= 4 is 27.9 Å². The Hall–Kier alpha value is -0.530. The molecule has 0 atom stereocenters. The monoisotopic (exact) mass is 270 g/mol. The number of alkyl halides is 1. The van der Waals surface area contributed by atoms with E-state index < -0.39 is 16.3 Å². The number of hydrogen-bond donors (Lipinski definition) is 2. The first-order valence-electron chi connectivity index (χ1n) is 4.93. The Labute approximate surface area is 99.9 Å². The number of hydrogen-bond acceptors (Lipinski definition) is 4. The Morgan fingerprint density at radius 2 is 2.00 bits per heavy atom. The fraction of sp³-hybridized carbons (Fsp3) is 0.875. The van der Waals surface area contributed by atoms with Gasteiger partial charge in [0.25, 0.3) is 0 Å². The van der Waals surface area contributed by atoms with Crippen LogP contribution < -0.4 is 9.44 Å². The summed E-state index contributed by atoms with van der Waals surface area (Å²) in [5, 5.41) is 0.00955. The van der Waals surface area contributed by atoms with Gasteiger partial charge >= 0.3 is 16.3 Å². The molecular formula is C8H15ClN2O4S. The van der Waals surface area contributed by atoms with Gasteiger partial charge in [0.05, 0.1) is 6.10 Å². The summed E-state index contributed by atoms with van der Waals surface area (Å²) in [4.78, 5) is 11.0. The van der Waals surface area contributed by atoms with Crippen LogP contribution in [0.3, 0.4) is 0 Å². The van der Waals surface area contributed by atoms with Crippen molar-refractivity contribution in [1.29, 1.82) is 0 Å². The minimum Gasteiger partial charge on any atom is -0.446 e. The van der Waals surface area contributed by atoms with Gasteiger partial charge in [-0.05, 0) is 26.7 Å². The van der Waals surface area contributed by atoms with Gasteiger partial charge in [-0.15, -0.1) is 11.6 Å². The third-order valence-electron chi connectivity index (χ3n) is 1.96. The van der Waals surface area contributed by atoms with Crippen LogP contribution in [0.25, 0.3) is 0 Å². The lowest BCUT2D eigenvalue weighted by Gasteiger charge is -2.30. The maximum Gasteiger partial charge on any atom is 0.422 e. The van der Waals surface area contributed by atoms with E-state index in [1.807, 2.05) is 0 Å². The van der Waals surface area contributed by atoms with Gasteiger partial charge in [0.15, 0.2) is 0 Å². The number of carbonyl (C=O) groups excluding carboxylic acids is 1. The molecule has 16 heavy (non-hydrogen) atoms. The van der Waals surface area contributed by atoms with Crippen LogP contribution in [0.15, 0.2) is 0 Å². The van der Waals surface area contributed by atoms with E-state index in [0.717, 1.165) is 0 Å². The third kappa shape index (κ3) is 4.54. The van der Waals surface area contributed by atoms with Crippen LogP contribution in [-0.4, -0.2) is 32.0 Å². The van der Waals surface area contributed by atoms with Crippen molar-refractivity contribution < 1.29 is 17.9 Å². The van der Waals surface area contributed by atoms with Crippen molar-refractivity contribution in [2.75, 3.05) is 0 Å². The summed E-state index contributed by atoms with van der Waals surface area (Å²) in [6.45, 7) is 3.26. The van der Waals surface area contributed by atoms with E-state index in [4.69, 9.17) is 11.6 Å². The summed E-state index contributed by atoms with van der Waals surface area (Å²) in [7, 11) is -3.84. The van der Waals surface area contributed by atoms with Crippen LogP contribution in [0.5, 0.6) is 0 Å². The molecule has 0 aromatic carbocycles. The Balaban J connectivity index is 2.37. The van der Waals surface area contributed by atoms with E-state index in [-0.39, 0.29) is 17.5 Å². The van der Waals surface area contributed by atoms with E-state index in [1.54, 1.807) is 18.6 Å². The van der Waals surface area contributed by atoms with Crippen molar-refractivity contribution in [2.24, 2.45) is 0 Å². The third-order valence-corrected chi connectivity index (χ3v) is 3.40. The van der Waals surface area contributed by atoms with Crippen LogP contribution >= 0.6 is 11.6 Å². The first-order chi connectivity index (χ1) is 7.28. The molecule has 6 nitrogen and oxygen atoms in total. The van der Waals surface area contributed by atoms with E-state index >= 15 is 0 Å². The van der Waals surface area contributed by atoms with E-state index in [2.05, 4.69) is 9.46 Å². The van der Waals surface area contributed by atoms with Crippen molar-refractivity contribution in [1.82, 2.24) is 9.44 Å². The molecule has 0 aliphatic heterocycles. The molecule has 2 N–H and O–H groups in total. The standard InChI is InChI=1S/C8H15ClN2O4S/c1-5(2)15-8(12)11-16(13,14)10-7-3-6(9)4-7/h5-7,10H,3-4H2,1-2H3,(H,11,12). The zero-order valence-electron chi connectivity index (χ0n) is 9.07. The molecule has 0 unspecified atom stereocenters. The summed E-state index contributed by atoms with van der Waals surface area (Å²) < 4.78 is 31.4. The smallest absolute Gasteiger partial charge is 0.422 e. The van der Waals surface area contributed by atoms with Crippen LogP contribution in [0.1, 0.15) is 26.7 Å². The highest BCUT2D eigenvalue weighted by molar-refractivity contribution is 7.88. The second-order valence-electron chi connectivity index (χ2n) is 3.94. The molecule has 0 radical (unpaired) electrons.